The van der Waals surface area contributed by atoms with Gasteiger partial charge in [0.15, 0.2) is 0 Å². The molecule has 0 aromatic carbocycles. The summed E-state index contributed by atoms with van der Waals surface area (Å²) in [5.41, 5.74) is 3.50. The van der Waals surface area contributed by atoms with Crippen molar-refractivity contribution in [2.75, 3.05) is 6.61 Å². The molecule has 2 heterocycles. The number of rotatable bonds is 6. The van der Waals surface area contributed by atoms with E-state index in [-0.39, 0.29) is 12.6 Å². The molecular weight excluding hydrogens is 242 g/mol. The molecular formula is C13H21N5O. The second kappa shape index (κ2) is 5.99. The predicted octanol–water partition coefficient (Wildman–Crippen LogP) is 0.768. The molecule has 0 bridgehead atoms. The number of aryl methyl sites for hydroxylation is 1. The molecule has 0 spiro atoms. The van der Waals surface area contributed by atoms with Crippen LogP contribution in [-0.2, 0) is 20.1 Å². The van der Waals surface area contributed by atoms with Crippen molar-refractivity contribution in [3.05, 3.63) is 35.4 Å². The third kappa shape index (κ3) is 3.21. The molecule has 0 amide bonds. The SMILES string of the molecule is Cc1c(C(C)NCc2cnn(CCO)c2)cnn1C. The maximum Gasteiger partial charge on any atom is 0.0640 e. The highest BCUT2D eigenvalue weighted by molar-refractivity contribution is 5.20. The average molecular weight is 263 g/mol. The summed E-state index contributed by atoms with van der Waals surface area (Å²) in [6.45, 7) is 5.60. The van der Waals surface area contributed by atoms with E-state index in [0.29, 0.717) is 6.54 Å². The van der Waals surface area contributed by atoms with E-state index in [1.807, 2.05) is 30.3 Å². The van der Waals surface area contributed by atoms with E-state index in [4.69, 9.17) is 5.11 Å². The largest absolute Gasteiger partial charge is 0.394 e. The first-order valence-electron chi connectivity index (χ1n) is 6.46. The predicted molar refractivity (Wildman–Crippen MR) is 72.5 cm³/mol. The Morgan fingerprint density at radius 2 is 2.16 bits per heavy atom. The van der Waals surface area contributed by atoms with Crippen molar-refractivity contribution < 1.29 is 5.11 Å². The lowest BCUT2D eigenvalue weighted by atomic mass is 10.1. The summed E-state index contributed by atoms with van der Waals surface area (Å²) in [7, 11) is 1.95. The van der Waals surface area contributed by atoms with Gasteiger partial charge in [-0.05, 0) is 13.8 Å². The fourth-order valence-electron chi connectivity index (χ4n) is 2.04. The fourth-order valence-corrected chi connectivity index (χ4v) is 2.04. The number of aromatic nitrogens is 4. The van der Waals surface area contributed by atoms with Crippen molar-refractivity contribution >= 4 is 0 Å². The van der Waals surface area contributed by atoms with Gasteiger partial charge in [-0.1, -0.05) is 0 Å². The number of aliphatic hydroxyl groups is 1. The van der Waals surface area contributed by atoms with Gasteiger partial charge < -0.3 is 10.4 Å². The molecule has 1 unspecified atom stereocenters. The van der Waals surface area contributed by atoms with Crippen LogP contribution in [0.2, 0.25) is 0 Å². The van der Waals surface area contributed by atoms with Crippen molar-refractivity contribution in [2.45, 2.75) is 33.0 Å². The van der Waals surface area contributed by atoms with Crippen LogP contribution in [0.25, 0.3) is 0 Å². The Bertz CT molecular complexity index is 531. The molecule has 2 N–H and O–H groups in total. The highest BCUT2D eigenvalue weighted by Gasteiger charge is 2.11. The lowest BCUT2D eigenvalue weighted by Gasteiger charge is -2.12. The summed E-state index contributed by atoms with van der Waals surface area (Å²) in [5.74, 6) is 0. The smallest absolute Gasteiger partial charge is 0.0640 e. The molecule has 6 heteroatoms. The highest BCUT2D eigenvalue weighted by atomic mass is 16.3. The molecule has 2 rings (SSSR count). The van der Waals surface area contributed by atoms with E-state index >= 15 is 0 Å². The van der Waals surface area contributed by atoms with E-state index in [1.54, 1.807) is 4.68 Å². The first kappa shape index (κ1) is 13.8. The third-order valence-electron chi connectivity index (χ3n) is 3.37. The summed E-state index contributed by atoms with van der Waals surface area (Å²) >= 11 is 0. The molecule has 6 nitrogen and oxygen atoms in total. The Morgan fingerprint density at radius 1 is 1.37 bits per heavy atom. The first-order chi connectivity index (χ1) is 9.11. The summed E-state index contributed by atoms with van der Waals surface area (Å²) in [5, 5.41) is 20.7. The maximum absolute atomic E-state index is 8.84. The normalized spacial score (nSPS) is 12.8. The van der Waals surface area contributed by atoms with Gasteiger partial charge in [-0.2, -0.15) is 10.2 Å². The number of hydrogen-bond donors (Lipinski definition) is 2. The monoisotopic (exact) mass is 263 g/mol. The molecule has 0 radical (unpaired) electrons. The zero-order valence-corrected chi connectivity index (χ0v) is 11.7. The lowest BCUT2D eigenvalue weighted by Crippen LogP contribution is -2.18. The minimum atomic E-state index is 0.111. The Hall–Kier alpha value is -1.66. The van der Waals surface area contributed by atoms with Crippen LogP contribution in [0.5, 0.6) is 0 Å². The minimum Gasteiger partial charge on any atom is -0.394 e. The summed E-state index contributed by atoms with van der Waals surface area (Å²) in [6, 6.07) is 0.245. The highest BCUT2D eigenvalue weighted by Crippen LogP contribution is 2.16. The Balaban J connectivity index is 1.92. The fraction of sp³-hybridized carbons (Fsp3) is 0.538. The zero-order chi connectivity index (χ0) is 13.8. The first-order valence-corrected chi connectivity index (χ1v) is 6.46. The lowest BCUT2D eigenvalue weighted by molar-refractivity contribution is 0.269. The average Bonchev–Trinajstić information content (AvgIpc) is 2.96. The van der Waals surface area contributed by atoms with Crippen LogP contribution in [0.3, 0.4) is 0 Å². The second-order valence-corrected chi connectivity index (χ2v) is 4.75. The zero-order valence-electron chi connectivity index (χ0n) is 11.7. The number of aliphatic hydroxyl groups excluding tert-OH is 1. The van der Waals surface area contributed by atoms with Crippen LogP contribution >= 0.6 is 0 Å². The Morgan fingerprint density at radius 3 is 2.79 bits per heavy atom. The van der Waals surface area contributed by atoms with Crippen LogP contribution in [0, 0.1) is 6.92 Å². The Kier molecular flexibility index (Phi) is 4.34. The number of hydrogen-bond acceptors (Lipinski definition) is 4. The molecule has 0 aliphatic rings. The molecule has 0 saturated carbocycles. The van der Waals surface area contributed by atoms with Gasteiger partial charge in [0.1, 0.15) is 0 Å². The molecule has 0 fully saturated rings. The molecule has 0 aliphatic heterocycles. The van der Waals surface area contributed by atoms with Gasteiger partial charge in [0, 0.05) is 42.7 Å². The molecule has 0 saturated heterocycles. The van der Waals surface area contributed by atoms with Gasteiger partial charge in [-0.15, -0.1) is 0 Å². The summed E-state index contributed by atoms with van der Waals surface area (Å²) < 4.78 is 3.63. The van der Waals surface area contributed by atoms with Crippen LogP contribution in [0.1, 0.15) is 29.8 Å². The Labute approximate surface area is 113 Å². The molecule has 104 valence electrons. The van der Waals surface area contributed by atoms with Gasteiger partial charge in [0.25, 0.3) is 0 Å². The molecule has 1 atom stereocenters. The quantitative estimate of drug-likeness (QED) is 0.807. The maximum atomic E-state index is 8.84. The molecule has 0 aliphatic carbocycles. The van der Waals surface area contributed by atoms with Crippen molar-refractivity contribution in [1.82, 2.24) is 24.9 Å². The van der Waals surface area contributed by atoms with Crippen LogP contribution in [0.4, 0.5) is 0 Å². The summed E-state index contributed by atoms with van der Waals surface area (Å²) in [4.78, 5) is 0. The van der Waals surface area contributed by atoms with Gasteiger partial charge >= 0.3 is 0 Å². The van der Waals surface area contributed by atoms with Gasteiger partial charge in [-0.25, -0.2) is 0 Å². The van der Waals surface area contributed by atoms with E-state index < -0.39 is 0 Å². The van der Waals surface area contributed by atoms with E-state index in [0.717, 1.165) is 12.1 Å². The van der Waals surface area contributed by atoms with Gasteiger partial charge in [0.2, 0.25) is 0 Å². The topological polar surface area (TPSA) is 67.9 Å². The van der Waals surface area contributed by atoms with Gasteiger partial charge in [0.05, 0.1) is 25.5 Å². The number of nitrogens with one attached hydrogen (secondary N) is 1. The van der Waals surface area contributed by atoms with E-state index in [1.165, 1.54) is 11.3 Å². The van der Waals surface area contributed by atoms with E-state index in [9.17, 15) is 0 Å². The van der Waals surface area contributed by atoms with Crippen molar-refractivity contribution in [3.63, 3.8) is 0 Å². The standard InChI is InChI=1S/C13H21N5O/c1-10(13-8-15-17(3)11(13)2)14-6-12-7-16-18(9-12)4-5-19/h7-10,14,19H,4-6H2,1-3H3. The van der Waals surface area contributed by atoms with Crippen molar-refractivity contribution in [3.8, 4) is 0 Å². The molecule has 2 aromatic heterocycles. The summed E-state index contributed by atoms with van der Waals surface area (Å²) in [6.07, 6.45) is 5.68. The van der Waals surface area contributed by atoms with E-state index in [2.05, 4.69) is 29.4 Å². The second-order valence-electron chi connectivity index (χ2n) is 4.75. The number of nitrogens with zero attached hydrogens (tertiary/aromatic N) is 4. The third-order valence-corrected chi connectivity index (χ3v) is 3.37. The molecule has 19 heavy (non-hydrogen) atoms. The minimum absolute atomic E-state index is 0.111. The van der Waals surface area contributed by atoms with Crippen molar-refractivity contribution in [2.24, 2.45) is 7.05 Å². The molecule has 2 aromatic rings. The van der Waals surface area contributed by atoms with Crippen molar-refractivity contribution in [1.29, 1.82) is 0 Å². The van der Waals surface area contributed by atoms with Crippen LogP contribution in [-0.4, -0.2) is 31.3 Å². The van der Waals surface area contributed by atoms with Crippen LogP contribution < -0.4 is 5.32 Å². The van der Waals surface area contributed by atoms with Crippen LogP contribution in [0.15, 0.2) is 18.6 Å². The van der Waals surface area contributed by atoms with Gasteiger partial charge in [-0.3, -0.25) is 9.36 Å².